The molecule has 20 heavy (non-hydrogen) atoms. The van der Waals surface area contributed by atoms with Crippen LogP contribution in [-0.4, -0.2) is 53.3 Å². The number of hydrogen-bond acceptors (Lipinski definition) is 4. The van der Waals surface area contributed by atoms with E-state index in [0.717, 1.165) is 0 Å². The Kier molecular flexibility index (Phi) is 6.26. The third-order valence-corrected chi connectivity index (χ3v) is 2.70. The maximum Gasteiger partial charge on any atom is 0.323 e. The Hall–Kier alpha value is -2.33. The first kappa shape index (κ1) is 15.7. The number of methoxy groups -OCH3 is 1. The number of carboxylic acid groups (broad SMARTS) is 1. The van der Waals surface area contributed by atoms with E-state index < -0.39 is 5.97 Å². The normalized spacial score (nSPS) is 10.0. The Bertz CT molecular complexity index is 504. The number of carboxylic acids is 1. The number of aromatic nitrogens is 1. The van der Waals surface area contributed by atoms with Gasteiger partial charge in [-0.25, -0.2) is 0 Å². The number of carbonyl (C=O) groups is 2. The lowest BCUT2D eigenvalue weighted by Crippen LogP contribution is -2.36. The standard InChI is InChI=1S/C13H17N3O4/c1-20-9-8-15(7-3-5-14)13(19)11-4-2-6-16(11)10-12(17)18/h2,4,6H,3,7-10H2,1H3,(H,17,18). The van der Waals surface area contributed by atoms with Gasteiger partial charge in [-0.05, 0) is 12.1 Å². The van der Waals surface area contributed by atoms with E-state index in [4.69, 9.17) is 15.1 Å². The molecule has 0 atom stereocenters. The molecule has 0 fully saturated rings. The van der Waals surface area contributed by atoms with Crippen molar-refractivity contribution in [2.45, 2.75) is 13.0 Å². The van der Waals surface area contributed by atoms with Gasteiger partial charge in [-0.15, -0.1) is 0 Å². The lowest BCUT2D eigenvalue weighted by Gasteiger charge is -2.21. The van der Waals surface area contributed by atoms with E-state index in [1.807, 2.05) is 6.07 Å². The SMILES string of the molecule is COCCN(CCC#N)C(=O)c1cccn1CC(=O)O. The first-order valence-electron chi connectivity index (χ1n) is 6.12. The van der Waals surface area contributed by atoms with Crippen LogP contribution in [0, 0.1) is 11.3 Å². The average molecular weight is 279 g/mol. The molecule has 0 radical (unpaired) electrons. The van der Waals surface area contributed by atoms with E-state index in [1.165, 1.54) is 16.6 Å². The van der Waals surface area contributed by atoms with Gasteiger partial charge < -0.3 is 19.3 Å². The van der Waals surface area contributed by atoms with Crippen LogP contribution in [0.15, 0.2) is 18.3 Å². The van der Waals surface area contributed by atoms with Gasteiger partial charge in [0.15, 0.2) is 0 Å². The van der Waals surface area contributed by atoms with E-state index >= 15 is 0 Å². The van der Waals surface area contributed by atoms with E-state index in [0.29, 0.717) is 18.8 Å². The lowest BCUT2D eigenvalue weighted by molar-refractivity contribution is -0.137. The predicted molar refractivity (Wildman–Crippen MR) is 70.1 cm³/mol. The van der Waals surface area contributed by atoms with Crippen molar-refractivity contribution in [2.24, 2.45) is 0 Å². The van der Waals surface area contributed by atoms with Crippen LogP contribution in [0.2, 0.25) is 0 Å². The number of nitrogens with zero attached hydrogens (tertiary/aromatic N) is 3. The van der Waals surface area contributed by atoms with Gasteiger partial charge >= 0.3 is 5.97 Å². The van der Waals surface area contributed by atoms with E-state index in [-0.39, 0.29) is 25.4 Å². The number of carbonyl (C=O) groups excluding carboxylic acids is 1. The van der Waals surface area contributed by atoms with Crippen molar-refractivity contribution in [3.63, 3.8) is 0 Å². The summed E-state index contributed by atoms with van der Waals surface area (Å²) in [6, 6.07) is 5.17. The molecule has 0 bridgehead atoms. The van der Waals surface area contributed by atoms with E-state index in [9.17, 15) is 9.59 Å². The molecule has 108 valence electrons. The third kappa shape index (κ3) is 4.40. The molecule has 1 aromatic heterocycles. The molecule has 7 heteroatoms. The summed E-state index contributed by atoms with van der Waals surface area (Å²) in [5, 5.41) is 17.4. The minimum Gasteiger partial charge on any atom is -0.480 e. The summed E-state index contributed by atoms with van der Waals surface area (Å²) < 4.78 is 6.31. The third-order valence-electron chi connectivity index (χ3n) is 2.70. The smallest absolute Gasteiger partial charge is 0.323 e. The molecular weight excluding hydrogens is 262 g/mol. The fourth-order valence-corrected chi connectivity index (χ4v) is 1.76. The maximum atomic E-state index is 12.4. The van der Waals surface area contributed by atoms with Gasteiger partial charge in [0.2, 0.25) is 0 Å². The van der Waals surface area contributed by atoms with Gasteiger partial charge in [-0.2, -0.15) is 5.26 Å². The highest BCUT2D eigenvalue weighted by Crippen LogP contribution is 2.08. The zero-order valence-corrected chi connectivity index (χ0v) is 11.3. The number of hydrogen-bond donors (Lipinski definition) is 1. The summed E-state index contributed by atoms with van der Waals surface area (Å²) in [5.74, 6) is -1.32. The summed E-state index contributed by atoms with van der Waals surface area (Å²) in [4.78, 5) is 24.6. The Balaban J connectivity index is 2.85. The first-order chi connectivity index (χ1) is 9.60. The minimum absolute atomic E-state index is 0.217. The highest BCUT2D eigenvalue weighted by atomic mass is 16.5. The highest BCUT2D eigenvalue weighted by Gasteiger charge is 2.19. The van der Waals surface area contributed by atoms with Crippen LogP contribution in [0.1, 0.15) is 16.9 Å². The Labute approximate surface area is 117 Å². The molecule has 1 amide bonds. The van der Waals surface area contributed by atoms with Crippen LogP contribution < -0.4 is 0 Å². The van der Waals surface area contributed by atoms with Crippen LogP contribution in [0.4, 0.5) is 0 Å². The second-order valence-corrected chi connectivity index (χ2v) is 4.11. The van der Waals surface area contributed by atoms with Crippen molar-refractivity contribution in [3.8, 4) is 6.07 Å². The van der Waals surface area contributed by atoms with Crippen LogP contribution in [0.3, 0.4) is 0 Å². The van der Waals surface area contributed by atoms with Crippen LogP contribution in [0.25, 0.3) is 0 Å². The van der Waals surface area contributed by atoms with Crippen LogP contribution in [-0.2, 0) is 16.1 Å². The van der Waals surface area contributed by atoms with Crippen molar-refractivity contribution in [1.82, 2.24) is 9.47 Å². The fourth-order valence-electron chi connectivity index (χ4n) is 1.76. The van der Waals surface area contributed by atoms with Gasteiger partial charge in [0.25, 0.3) is 5.91 Å². The predicted octanol–water partition coefficient (Wildman–Crippen LogP) is 0.575. The molecule has 1 rings (SSSR count). The summed E-state index contributed by atoms with van der Waals surface area (Å²) in [6.07, 6.45) is 1.76. The molecule has 0 aliphatic rings. The van der Waals surface area contributed by atoms with Crippen molar-refractivity contribution < 1.29 is 19.4 Å². The maximum absolute atomic E-state index is 12.4. The lowest BCUT2D eigenvalue weighted by atomic mass is 10.3. The second-order valence-electron chi connectivity index (χ2n) is 4.11. The average Bonchev–Trinajstić information content (AvgIpc) is 2.85. The van der Waals surface area contributed by atoms with E-state index in [1.54, 1.807) is 18.3 Å². The Morgan fingerprint density at radius 3 is 2.85 bits per heavy atom. The molecule has 0 aliphatic heterocycles. The second kappa shape index (κ2) is 7.96. The number of nitriles is 1. The molecule has 0 aliphatic carbocycles. The molecule has 1 aromatic rings. The number of aliphatic carboxylic acids is 1. The van der Waals surface area contributed by atoms with Gasteiger partial charge in [-0.1, -0.05) is 0 Å². The quantitative estimate of drug-likeness (QED) is 0.750. The van der Waals surface area contributed by atoms with Crippen LogP contribution in [0.5, 0.6) is 0 Å². The molecule has 1 N–H and O–H groups in total. The molecule has 0 saturated heterocycles. The minimum atomic E-state index is -1.02. The van der Waals surface area contributed by atoms with Gasteiger partial charge in [0, 0.05) is 26.4 Å². The Morgan fingerprint density at radius 2 is 2.25 bits per heavy atom. The largest absolute Gasteiger partial charge is 0.480 e. The van der Waals surface area contributed by atoms with Gasteiger partial charge in [-0.3, -0.25) is 9.59 Å². The van der Waals surface area contributed by atoms with Crippen molar-refractivity contribution >= 4 is 11.9 Å². The highest BCUT2D eigenvalue weighted by molar-refractivity contribution is 5.93. The van der Waals surface area contributed by atoms with Crippen molar-refractivity contribution in [2.75, 3.05) is 26.8 Å². The molecule has 0 saturated carbocycles. The molecule has 0 unspecified atom stereocenters. The molecule has 1 heterocycles. The zero-order chi connectivity index (χ0) is 15.0. The summed E-state index contributed by atoms with van der Waals surface area (Å²) in [7, 11) is 1.53. The fraction of sp³-hybridized carbons (Fsp3) is 0.462. The van der Waals surface area contributed by atoms with Crippen molar-refractivity contribution in [1.29, 1.82) is 5.26 Å². The van der Waals surface area contributed by atoms with Gasteiger partial charge in [0.1, 0.15) is 12.2 Å². The summed E-state index contributed by atoms with van der Waals surface area (Å²) >= 11 is 0. The monoisotopic (exact) mass is 279 g/mol. The Morgan fingerprint density at radius 1 is 1.50 bits per heavy atom. The van der Waals surface area contributed by atoms with Crippen molar-refractivity contribution in [3.05, 3.63) is 24.0 Å². The van der Waals surface area contributed by atoms with Crippen LogP contribution >= 0.6 is 0 Å². The summed E-state index contributed by atoms with van der Waals surface area (Å²) in [5.41, 5.74) is 0.293. The first-order valence-corrected chi connectivity index (χ1v) is 6.12. The molecule has 0 aromatic carbocycles. The number of amides is 1. The number of ether oxygens (including phenoxy) is 1. The molecule has 0 spiro atoms. The zero-order valence-electron chi connectivity index (χ0n) is 11.3. The molecular formula is C13H17N3O4. The van der Waals surface area contributed by atoms with E-state index in [2.05, 4.69) is 0 Å². The number of rotatable bonds is 8. The van der Waals surface area contributed by atoms with Gasteiger partial charge in [0.05, 0.1) is 19.1 Å². The molecule has 7 nitrogen and oxygen atoms in total. The topological polar surface area (TPSA) is 95.6 Å². The summed E-state index contributed by atoms with van der Waals surface area (Å²) in [6.45, 7) is 0.730.